The molecule has 0 aliphatic carbocycles. The normalized spacial score (nSPS) is 9.70. The number of hydrogen-bond acceptors (Lipinski definition) is 3. The monoisotopic (exact) mass is 139 g/mol. The van der Waals surface area contributed by atoms with Crippen molar-refractivity contribution < 1.29 is 0 Å². The molecule has 1 rings (SSSR count). The van der Waals surface area contributed by atoms with E-state index in [4.69, 9.17) is 0 Å². The van der Waals surface area contributed by atoms with Crippen LogP contribution in [0.15, 0.2) is 17.6 Å². The van der Waals surface area contributed by atoms with Crippen molar-refractivity contribution in [3.63, 3.8) is 0 Å². The average molecular weight is 139 g/mol. The summed E-state index contributed by atoms with van der Waals surface area (Å²) in [6.45, 7) is 0.339. The first-order chi connectivity index (χ1) is 4.83. The second-order valence-corrected chi connectivity index (χ2v) is 2.12. The molecule has 54 valence electrons. The molecule has 0 bridgehead atoms. The third-order valence-corrected chi connectivity index (χ3v) is 1.25. The summed E-state index contributed by atoms with van der Waals surface area (Å²) in [7, 11) is 1.85. The molecule has 4 nitrogen and oxygen atoms in total. The van der Waals surface area contributed by atoms with E-state index in [0.717, 1.165) is 5.56 Å². The second-order valence-electron chi connectivity index (χ2n) is 2.12. The molecular weight excluding hydrogens is 130 g/mol. The van der Waals surface area contributed by atoms with E-state index < -0.39 is 0 Å². The van der Waals surface area contributed by atoms with Crippen molar-refractivity contribution in [3.05, 3.63) is 22.9 Å². The van der Waals surface area contributed by atoms with E-state index in [0.29, 0.717) is 13.0 Å². The number of nitrogens with zero attached hydrogens (tertiary/aromatic N) is 3. The highest BCUT2D eigenvalue weighted by molar-refractivity contribution is 5.03. The molecule has 0 saturated heterocycles. The molecule has 0 atom stereocenters. The van der Waals surface area contributed by atoms with Crippen molar-refractivity contribution in [3.8, 4) is 0 Å². The van der Waals surface area contributed by atoms with Gasteiger partial charge in [0.1, 0.15) is 0 Å². The van der Waals surface area contributed by atoms with Crippen LogP contribution in [0.3, 0.4) is 0 Å². The van der Waals surface area contributed by atoms with Gasteiger partial charge in [-0.15, -0.1) is 0 Å². The van der Waals surface area contributed by atoms with Crippen LogP contribution < -0.4 is 0 Å². The smallest absolute Gasteiger partial charge is 0.0852 e. The average Bonchev–Trinajstić information content (AvgIpc) is 2.31. The van der Waals surface area contributed by atoms with E-state index in [9.17, 15) is 4.91 Å². The van der Waals surface area contributed by atoms with Gasteiger partial charge in [-0.05, 0) is 12.0 Å². The Labute approximate surface area is 58.8 Å². The van der Waals surface area contributed by atoms with Gasteiger partial charge >= 0.3 is 0 Å². The molecule has 0 aliphatic rings. The predicted octanol–water partition coefficient (Wildman–Crippen LogP) is 0.729. The Kier molecular flexibility index (Phi) is 2.15. The number of aromatic nitrogens is 2. The van der Waals surface area contributed by atoms with Crippen molar-refractivity contribution in [1.82, 2.24) is 9.78 Å². The zero-order chi connectivity index (χ0) is 7.40. The van der Waals surface area contributed by atoms with Crippen LogP contribution in [0, 0.1) is 4.91 Å². The summed E-state index contributed by atoms with van der Waals surface area (Å²) in [6, 6.07) is 0. The minimum atomic E-state index is 0.339. The van der Waals surface area contributed by atoms with E-state index in [-0.39, 0.29) is 0 Å². The van der Waals surface area contributed by atoms with Crippen molar-refractivity contribution in [2.24, 2.45) is 12.2 Å². The van der Waals surface area contributed by atoms with Crippen molar-refractivity contribution in [2.75, 3.05) is 6.54 Å². The Bertz CT molecular complexity index is 219. The van der Waals surface area contributed by atoms with Crippen LogP contribution in [0.4, 0.5) is 0 Å². The van der Waals surface area contributed by atoms with Crippen molar-refractivity contribution >= 4 is 0 Å². The quantitative estimate of drug-likeness (QED) is 0.579. The maximum Gasteiger partial charge on any atom is 0.0852 e. The Morgan fingerprint density at radius 1 is 1.80 bits per heavy atom. The fraction of sp³-hybridized carbons (Fsp3) is 0.500. The highest BCUT2D eigenvalue weighted by Gasteiger charge is 1.93. The molecule has 0 N–H and O–H groups in total. The number of nitroso groups, excluding NO2 is 1. The first-order valence-corrected chi connectivity index (χ1v) is 3.09. The molecule has 10 heavy (non-hydrogen) atoms. The molecule has 1 heterocycles. The fourth-order valence-electron chi connectivity index (χ4n) is 0.776. The van der Waals surface area contributed by atoms with Gasteiger partial charge in [0.05, 0.1) is 12.7 Å². The maximum atomic E-state index is 9.71. The zero-order valence-electron chi connectivity index (χ0n) is 5.82. The summed E-state index contributed by atoms with van der Waals surface area (Å²) in [5, 5.41) is 6.70. The molecule has 4 heteroatoms. The second kappa shape index (κ2) is 3.10. The van der Waals surface area contributed by atoms with Gasteiger partial charge < -0.3 is 0 Å². The zero-order valence-corrected chi connectivity index (χ0v) is 5.82. The SMILES string of the molecule is Cn1cc(CCN=O)cn1. The number of aryl methyl sites for hydroxylation is 1. The van der Waals surface area contributed by atoms with Crippen LogP contribution in [0.2, 0.25) is 0 Å². The minimum Gasteiger partial charge on any atom is -0.276 e. The summed E-state index contributed by atoms with van der Waals surface area (Å²) >= 11 is 0. The van der Waals surface area contributed by atoms with Crippen LogP contribution in [0.25, 0.3) is 0 Å². The molecule has 0 spiro atoms. The van der Waals surface area contributed by atoms with E-state index >= 15 is 0 Å². The van der Waals surface area contributed by atoms with Gasteiger partial charge in [-0.25, -0.2) is 0 Å². The van der Waals surface area contributed by atoms with E-state index in [2.05, 4.69) is 10.3 Å². The van der Waals surface area contributed by atoms with Crippen LogP contribution in [-0.4, -0.2) is 16.3 Å². The van der Waals surface area contributed by atoms with Gasteiger partial charge in [0.25, 0.3) is 0 Å². The lowest BCUT2D eigenvalue weighted by molar-refractivity contribution is 0.766. The summed E-state index contributed by atoms with van der Waals surface area (Å²) < 4.78 is 1.71. The van der Waals surface area contributed by atoms with E-state index in [1.807, 2.05) is 13.2 Å². The number of rotatable bonds is 3. The van der Waals surface area contributed by atoms with Crippen molar-refractivity contribution in [2.45, 2.75) is 6.42 Å². The fourth-order valence-corrected chi connectivity index (χ4v) is 0.776. The van der Waals surface area contributed by atoms with Gasteiger partial charge in [-0.3, -0.25) is 4.68 Å². The van der Waals surface area contributed by atoms with E-state index in [1.165, 1.54) is 0 Å². The van der Waals surface area contributed by atoms with Crippen LogP contribution in [0.5, 0.6) is 0 Å². The minimum absolute atomic E-state index is 0.339. The lowest BCUT2D eigenvalue weighted by Crippen LogP contribution is -1.86. The van der Waals surface area contributed by atoms with Crippen LogP contribution in [0.1, 0.15) is 5.56 Å². The highest BCUT2D eigenvalue weighted by Crippen LogP contribution is 1.96. The number of hydrogen-bond donors (Lipinski definition) is 0. The van der Waals surface area contributed by atoms with Gasteiger partial charge in [-0.2, -0.15) is 10.0 Å². The summed E-state index contributed by atoms with van der Waals surface area (Å²) in [5.41, 5.74) is 1.06. The molecule has 0 amide bonds. The lowest BCUT2D eigenvalue weighted by Gasteiger charge is -1.85. The maximum absolute atomic E-state index is 9.71. The Morgan fingerprint density at radius 2 is 2.60 bits per heavy atom. The van der Waals surface area contributed by atoms with Gasteiger partial charge in [0.15, 0.2) is 0 Å². The third kappa shape index (κ3) is 1.65. The Balaban J connectivity index is 2.49. The first kappa shape index (κ1) is 6.92. The van der Waals surface area contributed by atoms with Gasteiger partial charge in [-0.1, -0.05) is 5.18 Å². The summed E-state index contributed by atoms with van der Waals surface area (Å²) in [4.78, 5) is 9.71. The molecule has 1 aromatic heterocycles. The molecule has 0 radical (unpaired) electrons. The highest BCUT2D eigenvalue weighted by atomic mass is 16.3. The predicted molar refractivity (Wildman–Crippen MR) is 37.6 cm³/mol. The lowest BCUT2D eigenvalue weighted by atomic mass is 10.3. The summed E-state index contributed by atoms with van der Waals surface area (Å²) in [6.07, 6.45) is 4.31. The van der Waals surface area contributed by atoms with Crippen molar-refractivity contribution in [1.29, 1.82) is 0 Å². The molecule has 0 fully saturated rings. The largest absolute Gasteiger partial charge is 0.276 e. The molecule has 0 saturated carbocycles. The molecule has 1 aromatic rings. The topological polar surface area (TPSA) is 47.2 Å². The van der Waals surface area contributed by atoms with Crippen LogP contribution >= 0.6 is 0 Å². The third-order valence-electron chi connectivity index (χ3n) is 1.25. The van der Waals surface area contributed by atoms with E-state index in [1.54, 1.807) is 10.9 Å². The first-order valence-electron chi connectivity index (χ1n) is 3.09. The van der Waals surface area contributed by atoms with Gasteiger partial charge in [0.2, 0.25) is 0 Å². The Hall–Kier alpha value is -1.19. The summed E-state index contributed by atoms with van der Waals surface area (Å²) in [5.74, 6) is 0. The standard InChI is InChI=1S/C6H9N3O/c1-9-5-6(4-7-9)2-3-8-10/h4-5H,2-3H2,1H3. The molecular formula is C6H9N3O. The van der Waals surface area contributed by atoms with Crippen LogP contribution in [-0.2, 0) is 13.5 Å². The molecule has 0 aromatic carbocycles. The Morgan fingerprint density at radius 3 is 3.10 bits per heavy atom. The van der Waals surface area contributed by atoms with Gasteiger partial charge in [0, 0.05) is 13.2 Å². The molecule has 0 aliphatic heterocycles. The molecule has 0 unspecified atom stereocenters.